The van der Waals surface area contributed by atoms with Crippen molar-refractivity contribution in [1.29, 1.82) is 0 Å². The van der Waals surface area contributed by atoms with E-state index in [-0.39, 0.29) is 24.8 Å². The van der Waals surface area contributed by atoms with Crippen LogP contribution in [0.3, 0.4) is 0 Å². The molecule has 1 aliphatic heterocycles. The summed E-state index contributed by atoms with van der Waals surface area (Å²) in [6, 6.07) is 4.15. The van der Waals surface area contributed by atoms with Crippen molar-refractivity contribution < 1.29 is 14.0 Å². The van der Waals surface area contributed by atoms with Crippen LogP contribution in [-0.2, 0) is 16.0 Å². The third-order valence-corrected chi connectivity index (χ3v) is 4.91. The number of nitrogens with zero attached hydrogens (tertiary/aromatic N) is 1. The van der Waals surface area contributed by atoms with Crippen molar-refractivity contribution in [2.24, 2.45) is 0 Å². The third kappa shape index (κ3) is 3.86. The molecule has 5 heteroatoms. The molecule has 1 aromatic carbocycles. The summed E-state index contributed by atoms with van der Waals surface area (Å²) in [7, 11) is 0. The highest BCUT2D eigenvalue weighted by Gasteiger charge is 2.19. The molecule has 1 saturated heterocycles. The van der Waals surface area contributed by atoms with Crippen LogP contribution in [0.25, 0.3) is 11.0 Å². The number of furan rings is 1. The van der Waals surface area contributed by atoms with Gasteiger partial charge in [-0.1, -0.05) is 13.8 Å². The lowest BCUT2D eigenvalue weighted by Crippen LogP contribution is -2.39. The second-order valence-electron chi connectivity index (χ2n) is 7.16. The van der Waals surface area contributed by atoms with Crippen LogP contribution in [0.15, 0.2) is 22.8 Å². The Labute approximate surface area is 148 Å². The maximum Gasteiger partial charge on any atom is 0.241 e. The van der Waals surface area contributed by atoms with Crippen LogP contribution in [0, 0.1) is 6.92 Å². The van der Waals surface area contributed by atoms with Gasteiger partial charge < -0.3 is 14.6 Å². The first-order chi connectivity index (χ1) is 12.0. The molecule has 1 aliphatic rings. The largest absolute Gasteiger partial charge is 0.464 e. The SMILES string of the molecule is Cc1cc2occ(CC(=O)NCC(=O)N3CCCC3)c2cc1C(C)C. The molecule has 1 fully saturated rings. The van der Waals surface area contributed by atoms with E-state index >= 15 is 0 Å². The summed E-state index contributed by atoms with van der Waals surface area (Å²) >= 11 is 0. The zero-order valence-corrected chi connectivity index (χ0v) is 15.2. The van der Waals surface area contributed by atoms with E-state index in [2.05, 4.69) is 32.2 Å². The Balaban J connectivity index is 1.66. The van der Waals surface area contributed by atoms with Gasteiger partial charge in [-0.15, -0.1) is 0 Å². The Morgan fingerprint density at radius 2 is 1.96 bits per heavy atom. The standard InChI is InChI=1S/C20H26N2O3/c1-13(2)16-10-17-15(12-25-18(17)8-14(16)3)9-19(23)21-11-20(24)22-6-4-5-7-22/h8,10,12-13H,4-7,9,11H2,1-3H3,(H,21,23). The molecule has 0 radical (unpaired) electrons. The second kappa shape index (κ2) is 7.30. The summed E-state index contributed by atoms with van der Waals surface area (Å²) in [4.78, 5) is 26.1. The van der Waals surface area contributed by atoms with Crippen molar-refractivity contribution in [2.45, 2.75) is 46.0 Å². The van der Waals surface area contributed by atoms with Crippen LogP contribution >= 0.6 is 0 Å². The summed E-state index contributed by atoms with van der Waals surface area (Å²) in [5.41, 5.74) is 4.13. The average Bonchev–Trinajstić information content (AvgIpc) is 3.22. The smallest absolute Gasteiger partial charge is 0.241 e. The number of carbonyl (C=O) groups excluding carboxylic acids is 2. The van der Waals surface area contributed by atoms with Gasteiger partial charge in [0.1, 0.15) is 5.58 Å². The summed E-state index contributed by atoms with van der Waals surface area (Å²) in [6.07, 6.45) is 3.98. The van der Waals surface area contributed by atoms with Crippen molar-refractivity contribution in [3.05, 3.63) is 35.1 Å². The molecule has 1 N–H and O–H groups in total. The number of nitrogens with one attached hydrogen (secondary N) is 1. The van der Waals surface area contributed by atoms with Gasteiger partial charge in [0.25, 0.3) is 0 Å². The van der Waals surface area contributed by atoms with E-state index in [0.717, 1.165) is 42.5 Å². The van der Waals surface area contributed by atoms with Gasteiger partial charge in [-0.25, -0.2) is 0 Å². The molecule has 134 valence electrons. The lowest BCUT2D eigenvalue weighted by Gasteiger charge is -2.15. The molecular weight excluding hydrogens is 316 g/mol. The van der Waals surface area contributed by atoms with Crippen molar-refractivity contribution in [3.8, 4) is 0 Å². The molecule has 0 spiro atoms. The van der Waals surface area contributed by atoms with E-state index in [9.17, 15) is 9.59 Å². The quantitative estimate of drug-likeness (QED) is 0.908. The monoisotopic (exact) mass is 342 g/mol. The number of hydrogen-bond donors (Lipinski definition) is 1. The van der Waals surface area contributed by atoms with Gasteiger partial charge >= 0.3 is 0 Å². The second-order valence-corrected chi connectivity index (χ2v) is 7.16. The Kier molecular flexibility index (Phi) is 5.11. The van der Waals surface area contributed by atoms with E-state index in [1.54, 1.807) is 6.26 Å². The van der Waals surface area contributed by atoms with Crippen LogP contribution in [-0.4, -0.2) is 36.3 Å². The molecule has 0 saturated carbocycles. The molecule has 2 amide bonds. The number of likely N-dealkylation sites (tertiary alicyclic amines) is 1. The molecule has 5 nitrogen and oxygen atoms in total. The molecule has 0 unspecified atom stereocenters. The van der Waals surface area contributed by atoms with Gasteiger partial charge in [-0.05, 0) is 48.9 Å². The summed E-state index contributed by atoms with van der Waals surface area (Å²) in [5.74, 6) is 0.265. The van der Waals surface area contributed by atoms with E-state index in [1.165, 1.54) is 11.1 Å². The van der Waals surface area contributed by atoms with Crippen LogP contribution in [0.2, 0.25) is 0 Å². The van der Waals surface area contributed by atoms with Crippen molar-refractivity contribution in [3.63, 3.8) is 0 Å². The molecule has 0 atom stereocenters. The van der Waals surface area contributed by atoms with Gasteiger partial charge in [0.05, 0.1) is 19.2 Å². The molecule has 2 heterocycles. The number of rotatable bonds is 5. The van der Waals surface area contributed by atoms with Crippen LogP contribution in [0.4, 0.5) is 0 Å². The van der Waals surface area contributed by atoms with Gasteiger partial charge in [0.2, 0.25) is 11.8 Å². The fourth-order valence-electron chi connectivity index (χ4n) is 3.49. The number of hydrogen-bond acceptors (Lipinski definition) is 3. The first-order valence-corrected chi connectivity index (χ1v) is 9.01. The summed E-state index contributed by atoms with van der Waals surface area (Å²) in [6.45, 7) is 8.07. The average molecular weight is 342 g/mol. The van der Waals surface area contributed by atoms with Gasteiger partial charge in [0.15, 0.2) is 0 Å². The van der Waals surface area contributed by atoms with E-state index in [0.29, 0.717) is 5.92 Å². The highest BCUT2D eigenvalue weighted by molar-refractivity contribution is 5.90. The van der Waals surface area contributed by atoms with Gasteiger partial charge in [-0.2, -0.15) is 0 Å². The normalized spacial score (nSPS) is 14.5. The fraction of sp³-hybridized carbons (Fsp3) is 0.500. The van der Waals surface area contributed by atoms with Gasteiger partial charge in [-0.3, -0.25) is 9.59 Å². The molecule has 0 aliphatic carbocycles. The Hall–Kier alpha value is -2.30. The Morgan fingerprint density at radius 1 is 1.24 bits per heavy atom. The van der Waals surface area contributed by atoms with E-state index < -0.39 is 0 Å². The first-order valence-electron chi connectivity index (χ1n) is 9.01. The minimum Gasteiger partial charge on any atom is -0.464 e. The van der Waals surface area contributed by atoms with E-state index in [1.807, 2.05) is 11.0 Å². The zero-order chi connectivity index (χ0) is 18.0. The third-order valence-electron chi connectivity index (χ3n) is 4.91. The first kappa shape index (κ1) is 17.5. The molecule has 2 aromatic rings. The minimum absolute atomic E-state index is 0.000575. The molecule has 1 aromatic heterocycles. The number of aryl methyl sites for hydroxylation is 1. The summed E-state index contributed by atoms with van der Waals surface area (Å²) < 4.78 is 5.62. The van der Waals surface area contributed by atoms with Crippen LogP contribution in [0.5, 0.6) is 0 Å². The van der Waals surface area contributed by atoms with Crippen LogP contribution in [0.1, 0.15) is 49.3 Å². The fourth-order valence-corrected chi connectivity index (χ4v) is 3.49. The van der Waals surface area contributed by atoms with E-state index in [4.69, 9.17) is 4.42 Å². The minimum atomic E-state index is -0.151. The predicted molar refractivity (Wildman–Crippen MR) is 97.6 cm³/mol. The van der Waals surface area contributed by atoms with Crippen molar-refractivity contribution >= 4 is 22.8 Å². The maximum atomic E-state index is 12.2. The molecular formula is C20H26N2O3. The topological polar surface area (TPSA) is 62.6 Å². The number of benzene rings is 1. The number of amides is 2. The lowest BCUT2D eigenvalue weighted by molar-refractivity contribution is -0.131. The summed E-state index contributed by atoms with van der Waals surface area (Å²) in [5, 5.41) is 3.72. The lowest BCUT2D eigenvalue weighted by atomic mass is 9.95. The highest BCUT2D eigenvalue weighted by atomic mass is 16.3. The van der Waals surface area contributed by atoms with Gasteiger partial charge in [0, 0.05) is 24.0 Å². The zero-order valence-electron chi connectivity index (χ0n) is 15.2. The molecule has 25 heavy (non-hydrogen) atoms. The predicted octanol–water partition coefficient (Wildman–Crippen LogP) is 3.15. The Bertz CT molecular complexity index is 786. The van der Waals surface area contributed by atoms with Crippen molar-refractivity contribution in [2.75, 3.05) is 19.6 Å². The Morgan fingerprint density at radius 3 is 2.64 bits per heavy atom. The molecule has 0 bridgehead atoms. The number of fused-ring (bicyclic) bond motifs is 1. The maximum absolute atomic E-state index is 12.2. The highest BCUT2D eigenvalue weighted by Crippen LogP contribution is 2.29. The molecule has 3 rings (SSSR count). The number of carbonyl (C=O) groups is 2. The van der Waals surface area contributed by atoms with Crippen molar-refractivity contribution in [1.82, 2.24) is 10.2 Å². The van der Waals surface area contributed by atoms with Crippen LogP contribution < -0.4 is 5.32 Å².